The van der Waals surface area contributed by atoms with Gasteiger partial charge in [-0.2, -0.15) is 4.98 Å². The van der Waals surface area contributed by atoms with E-state index in [0.29, 0.717) is 11.8 Å². The lowest BCUT2D eigenvalue weighted by Gasteiger charge is -2.23. The zero-order valence-electron chi connectivity index (χ0n) is 11.2. The van der Waals surface area contributed by atoms with Crippen molar-refractivity contribution in [3.8, 4) is 5.88 Å². The minimum Gasteiger partial charge on any atom is -0.481 e. The molecule has 1 aromatic heterocycles. The number of methoxy groups -OCH3 is 1. The van der Waals surface area contributed by atoms with Crippen molar-refractivity contribution in [3.05, 3.63) is 11.3 Å². The van der Waals surface area contributed by atoms with Crippen molar-refractivity contribution in [1.29, 1.82) is 0 Å². The Bertz CT molecular complexity index is 381. The van der Waals surface area contributed by atoms with E-state index in [2.05, 4.69) is 30.7 Å². The lowest BCUT2D eigenvalue weighted by atomic mass is 9.89. The molecule has 0 atom stereocenters. The predicted octanol–water partition coefficient (Wildman–Crippen LogP) is 2.16. The number of rotatable bonds is 2. The van der Waals surface area contributed by atoms with Gasteiger partial charge in [-0.1, -0.05) is 20.8 Å². The highest BCUT2D eigenvalue weighted by molar-refractivity contribution is 5.41. The zero-order valence-corrected chi connectivity index (χ0v) is 11.2. The monoisotopic (exact) mass is 223 g/mol. The summed E-state index contributed by atoms with van der Waals surface area (Å²) in [6.07, 6.45) is 0. The van der Waals surface area contributed by atoms with Crippen LogP contribution in [-0.4, -0.2) is 31.2 Å². The van der Waals surface area contributed by atoms with Crippen LogP contribution in [0.1, 0.15) is 32.0 Å². The largest absolute Gasteiger partial charge is 0.481 e. The summed E-state index contributed by atoms with van der Waals surface area (Å²) in [5.74, 6) is 1.34. The summed E-state index contributed by atoms with van der Waals surface area (Å²) in [5.41, 5.74) is 2.04. The molecule has 4 nitrogen and oxygen atoms in total. The topological polar surface area (TPSA) is 38.2 Å². The minimum atomic E-state index is -0.00887. The molecule has 1 aromatic rings. The van der Waals surface area contributed by atoms with E-state index < -0.39 is 0 Å². The van der Waals surface area contributed by atoms with Gasteiger partial charge in [-0.15, -0.1) is 0 Å². The van der Waals surface area contributed by atoms with Crippen LogP contribution in [0.5, 0.6) is 5.88 Å². The van der Waals surface area contributed by atoms with Crippen LogP contribution >= 0.6 is 0 Å². The van der Waals surface area contributed by atoms with E-state index in [1.165, 1.54) is 0 Å². The van der Waals surface area contributed by atoms with Gasteiger partial charge in [0.15, 0.2) is 0 Å². The average molecular weight is 223 g/mol. The molecule has 0 aromatic carbocycles. The van der Waals surface area contributed by atoms with Gasteiger partial charge in [-0.05, 0) is 6.92 Å². The Hall–Kier alpha value is -1.32. The molecule has 90 valence electrons. The van der Waals surface area contributed by atoms with Crippen LogP contribution in [0.25, 0.3) is 0 Å². The predicted molar refractivity (Wildman–Crippen MR) is 66.3 cm³/mol. The van der Waals surface area contributed by atoms with Gasteiger partial charge in [-0.3, -0.25) is 0 Å². The second-order valence-electron chi connectivity index (χ2n) is 5.15. The molecule has 0 amide bonds. The summed E-state index contributed by atoms with van der Waals surface area (Å²) in [6, 6.07) is 0. The van der Waals surface area contributed by atoms with Crippen molar-refractivity contribution in [2.75, 3.05) is 26.1 Å². The molecule has 0 aliphatic rings. The lowest BCUT2D eigenvalue weighted by molar-refractivity contribution is 0.389. The third-order valence-electron chi connectivity index (χ3n) is 2.39. The van der Waals surface area contributed by atoms with Gasteiger partial charge in [0.25, 0.3) is 0 Å². The molecule has 0 saturated carbocycles. The van der Waals surface area contributed by atoms with Crippen LogP contribution in [0.15, 0.2) is 0 Å². The number of ether oxygens (including phenoxy) is 1. The van der Waals surface area contributed by atoms with Crippen LogP contribution in [0.3, 0.4) is 0 Å². The molecule has 0 spiro atoms. The second-order valence-corrected chi connectivity index (χ2v) is 5.15. The van der Waals surface area contributed by atoms with E-state index in [1.807, 2.05) is 25.9 Å². The molecule has 0 aliphatic carbocycles. The molecule has 0 N–H and O–H groups in total. The first-order valence-corrected chi connectivity index (χ1v) is 5.37. The molecule has 0 fully saturated rings. The maximum absolute atomic E-state index is 5.29. The van der Waals surface area contributed by atoms with Gasteiger partial charge in [0.05, 0.1) is 12.8 Å². The molecule has 0 bridgehead atoms. The number of anilines is 1. The van der Waals surface area contributed by atoms with Crippen molar-refractivity contribution >= 4 is 5.95 Å². The summed E-state index contributed by atoms with van der Waals surface area (Å²) in [7, 11) is 5.49. The smallest absolute Gasteiger partial charge is 0.228 e. The maximum atomic E-state index is 5.29. The van der Waals surface area contributed by atoms with E-state index >= 15 is 0 Å². The first-order valence-electron chi connectivity index (χ1n) is 5.37. The highest BCUT2D eigenvalue weighted by Gasteiger charge is 2.22. The molecular weight excluding hydrogens is 202 g/mol. The fourth-order valence-corrected chi connectivity index (χ4v) is 1.61. The van der Waals surface area contributed by atoms with Crippen LogP contribution in [-0.2, 0) is 5.41 Å². The van der Waals surface area contributed by atoms with Crippen LogP contribution in [0.4, 0.5) is 5.95 Å². The highest BCUT2D eigenvalue weighted by Crippen LogP contribution is 2.29. The molecule has 0 unspecified atom stereocenters. The first-order chi connectivity index (χ1) is 7.27. The van der Waals surface area contributed by atoms with E-state index in [-0.39, 0.29) is 5.41 Å². The zero-order chi connectivity index (χ0) is 12.5. The Morgan fingerprint density at radius 1 is 1.12 bits per heavy atom. The maximum Gasteiger partial charge on any atom is 0.228 e. The molecule has 4 heteroatoms. The summed E-state index contributed by atoms with van der Waals surface area (Å²) < 4.78 is 5.29. The van der Waals surface area contributed by atoms with Crippen molar-refractivity contribution in [3.63, 3.8) is 0 Å². The van der Waals surface area contributed by atoms with Crippen molar-refractivity contribution in [2.45, 2.75) is 33.1 Å². The first kappa shape index (κ1) is 12.7. The van der Waals surface area contributed by atoms with Crippen LogP contribution < -0.4 is 9.64 Å². The van der Waals surface area contributed by atoms with E-state index in [9.17, 15) is 0 Å². The lowest BCUT2D eigenvalue weighted by Crippen LogP contribution is -2.21. The van der Waals surface area contributed by atoms with Crippen molar-refractivity contribution in [2.24, 2.45) is 0 Å². The third kappa shape index (κ3) is 2.43. The molecule has 1 heterocycles. The van der Waals surface area contributed by atoms with Gasteiger partial charge < -0.3 is 9.64 Å². The Balaban J connectivity index is 3.42. The minimum absolute atomic E-state index is 0.00887. The van der Waals surface area contributed by atoms with Gasteiger partial charge in [0.1, 0.15) is 0 Å². The molecule has 0 saturated heterocycles. The Labute approximate surface area is 97.7 Å². The SMILES string of the molecule is COc1nc(N(C)C)nc(C(C)(C)C)c1C. The van der Waals surface area contributed by atoms with Crippen molar-refractivity contribution < 1.29 is 4.74 Å². The van der Waals surface area contributed by atoms with Crippen molar-refractivity contribution in [1.82, 2.24) is 9.97 Å². The molecule has 0 aliphatic heterocycles. The second kappa shape index (κ2) is 4.28. The summed E-state index contributed by atoms with van der Waals surface area (Å²) in [6.45, 7) is 8.42. The van der Waals surface area contributed by atoms with Gasteiger partial charge in [-0.25, -0.2) is 4.98 Å². The van der Waals surface area contributed by atoms with E-state index in [1.54, 1.807) is 7.11 Å². The Kier molecular flexibility index (Phi) is 3.41. The number of aromatic nitrogens is 2. The van der Waals surface area contributed by atoms with Gasteiger partial charge in [0, 0.05) is 25.1 Å². The fourth-order valence-electron chi connectivity index (χ4n) is 1.61. The molecular formula is C12H21N3O. The third-order valence-corrected chi connectivity index (χ3v) is 2.39. The number of nitrogens with zero attached hydrogens (tertiary/aromatic N) is 3. The Morgan fingerprint density at radius 2 is 1.69 bits per heavy atom. The fraction of sp³-hybridized carbons (Fsp3) is 0.667. The van der Waals surface area contributed by atoms with Gasteiger partial charge >= 0.3 is 0 Å². The number of hydrogen-bond acceptors (Lipinski definition) is 4. The Morgan fingerprint density at radius 3 is 2.06 bits per heavy atom. The van der Waals surface area contributed by atoms with Crippen LogP contribution in [0.2, 0.25) is 0 Å². The average Bonchev–Trinajstić information content (AvgIpc) is 2.15. The molecule has 0 radical (unpaired) electrons. The van der Waals surface area contributed by atoms with E-state index in [0.717, 1.165) is 11.3 Å². The highest BCUT2D eigenvalue weighted by atomic mass is 16.5. The van der Waals surface area contributed by atoms with E-state index in [4.69, 9.17) is 4.74 Å². The summed E-state index contributed by atoms with van der Waals surface area (Å²) in [4.78, 5) is 10.8. The number of hydrogen-bond donors (Lipinski definition) is 0. The van der Waals surface area contributed by atoms with Gasteiger partial charge in [0.2, 0.25) is 11.8 Å². The molecule has 1 rings (SSSR count). The quantitative estimate of drug-likeness (QED) is 0.770. The molecule has 16 heavy (non-hydrogen) atoms. The summed E-state index contributed by atoms with van der Waals surface area (Å²) in [5, 5.41) is 0. The normalized spacial score (nSPS) is 11.4. The standard InChI is InChI=1S/C12H21N3O/c1-8-9(12(2,3)4)13-11(15(5)6)14-10(8)16-7/h1-7H3. The summed E-state index contributed by atoms with van der Waals surface area (Å²) >= 11 is 0. The van der Waals surface area contributed by atoms with Crippen LogP contribution in [0, 0.1) is 6.92 Å².